The van der Waals surface area contributed by atoms with Crippen LogP contribution in [0, 0.1) is 12.8 Å². The Bertz CT molecular complexity index is 453. The number of amides is 1. The Labute approximate surface area is 114 Å². The van der Waals surface area contributed by atoms with Gasteiger partial charge >= 0.3 is 0 Å². The molecule has 4 nitrogen and oxygen atoms in total. The van der Waals surface area contributed by atoms with E-state index in [1.165, 1.54) is 0 Å². The van der Waals surface area contributed by atoms with E-state index in [0.29, 0.717) is 29.8 Å². The number of nitrogen functional groups attached to an aromatic ring is 1. The lowest BCUT2D eigenvalue weighted by molar-refractivity contribution is -0.119. The van der Waals surface area contributed by atoms with E-state index in [4.69, 9.17) is 10.5 Å². The van der Waals surface area contributed by atoms with Crippen LogP contribution in [0.3, 0.4) is 0 Å². The maximum absolute atomic E-state index is 11.9. The molecule has 0 saturated heterocycles. The maximum Gasteiger partial charge on any atom is 0.224 e. The first-order valence-electron chi connectivity index (χ1n) is 6.86. The van der Waals surface area contributed by atoms with Crippen LogP contribution in [0.2, 0.25) is 0 Å². The van der Waals surface area contributed by atoms with Gasteiger partial charge in [-0.15, -0.1) is 0 Å². The van der Waals surface area contributed by atoms with Crippen LogP contribution in [-0.4, -0.2) is 18.6 Å². The number of hydrogen-bond acceptors (Lipinski definition) is 3. The first kappa shape index (κ1) is 13.9. The molecule has 0 bridgehead atoms. The molecule has 1 aromatic carbocycles. The van der Waals surface area contributed by atoms with Crippen molar-refractivity contribution >= 4 is 17.3 Å². The molecule has 1 fully saturated rings. The van der Waals surface area contributed by atoms with E-state index >= 15 is 0 Å². The SMILES string of the molecule is CCOC1CC(CC(=O)Nc2cc(C)ccc2N)C1. The Kier molecular flexibility index (Phi) is 4.43. The molecule has 4 heteroatoms. The molecule has 0 heterocycles. The molecular formula is C15H22N2O2. The van der Waals surface area contributed by atoms with Crippen LogP contribution in [-0.2, 0) is 9.53 Å². The van der Waals surface area contributed by atoms with Crippen molar-refractivity contribution in [2.24, 2.45) is 5.92 Å². The second kappa shape index (κ2) is 6.06. The lowest BCUT2D eigenvalue weighted by Crippen LogP contribution is -2.33. The summed E-state index contributed by atoms with van der Waals surface area (Å²) < 4.78 is 5.49. The van der Waals surface area contributed by atoms with Crippen molar-refractivity contribution in [1.82, 2.24) is 0 Å². The number of carbonyl (C=O) groups excluding carboxylic acids is 1. The van der Waals surface area contributed by atoms with Crippen molar-refractivity contribution in [3.05, 3.63) is 23.8 Å². The highest BCUT2D eigenvalue weighted by Crippen LogP contribution is 2.33. The van der Waals surface area contributed by atoms with Crippen LogP contribution in [0.5, 0.6) is 0 Å². The van der Waals surface area contributed by atoms with E-state index in [-0.39, 0.29) is 5.91 Å². The molecule has 0 radical (unpaired) electrons. The van der Waals surface area contributed by atoms with Crippen molar-refractivity contribution < 1.29 is 9.53 Å². The highest BCUT2D eigenvalue weighted by atomic mass is 16.5. The van der Waals surface area contributed by atoms with E-state index in [0.717, 1.165) is 25.0 Å². The van der Waals surface area contributed by atoms with Crippen molar-refractivity contribution in [1.29, 1.82) is 0 Å². The zero-order valence-electron chi connectivity index (χ0n) is 11.6. The van der Waals surface area contributed by atoms with Crippen LogP contribution in [0.15, 0.2) is 18.2 Å². The molecule has 0 aliphatic heterocycles. The van der Waals surface area contributed by atoms with Crippen LogP contribution < -0.4 is 11.1 Å². The van der Waals surface area contributed by atoms with E-state index in [9.17, 15) is 4.79 Å². The number of benzene rings is 1. The summed E-state index contributed by atoms with van der Waals surface area (Å²) in [5, 5.41) is 2.89. The minimum Gasteiger partial charge on any atom is -0.397 e. The summed E-state index contributed by atoms with van der Waals surface area (Å²) in [5.74, 6) is 0.486. The van der Waals surface area contributed by atoms with E-state index in [2.05, 4.69) is 5.32 Å². The number of rotatable bonds is 5. The van der Waals surface area contributed by atoms with Gasteiger partial charge in [0.05, 0.1) is 17.5 Å². The van der Waals surface area contributed by atoms with Gasteiger partial charge in [-0.2, -0.15) is 0 Å². The van der Waals surface area contributed by atoms with E-state index in [1.807, 2.05) is 32.0 Å². The fraction of sp³-hybridized carbons (Fsp3) is 0.533. The summed E-state index contributed by atoms with van der Waals surface area (Å²) in [5.41, 5.74) is 8.25. The molecule has 1 saturated carbocycles. The van der Waals surface area contributed by atoms with Gasteiger partial charge in [-0.25, -0.2) is 0 Å². The monoisotopic (exact) mass is 262 g/mol. The third-order valence-electron chi connectivity index (χ3n) is 3.55. The molecule has 104 valence electrons. The number of carbonyl (C=O) groups is 1. The van der Waals surface area contributed by atoms with E-state index in [1.54, 1.807) is 0 Å². The zero-order valence-corrected chi connectivity index (χ0v) is 11.6. The molecule has 1 aromatic rings. The summed E-state index contributed by atoms with van der Waals surface area (Å²) in [6, 6.07) is 5.65. The van der Waals surface area contributed by atoms with Gasteiger partial charge in [0, 0.05) is 13.0 Å². The van der Waals surface area contributed by atoms with Crippen molar-refractivity contribution in [3.8, 4) is 0 Å². The van der Waals surface area contributed by atoms with E-state index < -0.39 is 0 Å². The minimum absolute atomic E-state index is 0.0391. The Morgan fingerprint density at radius 2 is 2.21 bits per heavy atom. The second-order valence-electron chi connectivity index (χ2n) is 5.26. The maximum atomic E-state index is 11.9. The molecule has 1 amide bonds. The Hall–Kier alpha value is -1.55. The molecular weight excluding hydrogens is 240 g/mol. The third-order valence-corrected chi connectivity index (χ3v) is 3.55. The van der Waals surface area contributed by atoms with Gasteiger partial charge < -0.3 is 15.8 Å². The normalized spacial score (nSPS) is 21.8. The Morgan fingerprint density at radius 1 is 1.47 bits per heavy atom. The van der Waals surface area contributed by atoms with Crippen LogP contribution >= 0.6 is 0 Å². The topological polar surface area (TPSA) is 64.3 Å². The second-order valence-corrected chi connectivity index (χ2v) is 5.26. The van der Waals surface area contributed by atoms with Gasteiger partial charge in [0.1, 0.15) is 0 Å². The number of nitrogens with one attached hydrogen (secondary N) is 1. The highest BCUT2D eigenvalue weighted by molar-refractivity contribution is 5.94. The molecule has 19 heavy (non-hydrogen) atoms. The standard InChI is InChI=1S/C15H22N2O2/c1-3-19-12-7-11(8-12)9-15(18)17-14-6-10(2)4-5-13(14)16/h4-6,11-12H,3,7-9,16H2,1-2H3,(H,17,18). The average Bonchev–Trinajstić information content (AvgIpc) is 2.31. The smallest absolute Gasteiger partial charge is 0.224 e. The Morgan fingerprint density at radius 3 is 2.89 bits per heavy atom. The van der Waals surface area contributed by atoms with Gasteiger partial charge in [-0.1, -0.05) is 6.07 Å². The number of nitrogens with two attached hydrogens (primary N) is 1. The summed E-state index contributed by atoms with van der Waals surface area (Å²) in [7, 11) is 0. The van der Waals surface area contributed by atoms with Crippen LogP contribution in [0.25, 0.3) is 0 Å². The fourth-order valence-electron chi connectivity index (χ4n) is 2.45. The lowest BCUT2D eigenvalue weighted by Gasteiger charge is -2.34. The quantitative estimate of drug-likeness (QED) is 0.802. The van der Waals surface area contributed by atoms with Crippen molar-refractivity contribution in [2.75, 3.05) is 17.7 Å². The predicted molar refractivity (Wildman–Crippen MR) is 77.0 cm³/mol. The molecule has 1 aliphatic rings. The van der Waals surface area contributed by atoms with Crippen molar-refractivity contribution in [2.45, 2.75) is 39.2 Å². The zero-order chi connectivity index (χ0) is 13.8. The van der Waals surface area contributed by atoms with Crippen LogP contribution in [0.1, 0.15) is 31.7 Å². The van der Waals surface area contributed by atoms with Gasteiger partial charge in [-0.3, -0.25) is 4.79 Å². The molecule has 0 spiro atoms. The number of aryl methyl sites for hydroxylation is 1. The van der Waals surface area contributed by atoms with Gasteiger partial charge in [0.2, 0.25) is 5.91 Å². The lowest BCUT2D eigenvalue weighted by atomic mass is 9.80. The number of ether oxygens (including phenoxy) is 1. The van der Waals surface area contributed by atoms with Crippen molar-refractivity contribution in [3.63, 3.8) is 0 Å². The first-order chi connectivity index (χ1) is 9.08. The summed E-state index contributed by atoms with van der Waals surface area (Å²) in [4.78, 5) is 11.9. The molecule has 2 rings (SSSR count). The number of hydrogen-bond donors (Lipinski definition) is 2. The third kappa shape index (κ3) is 3.70. The number of anilines is 2. The van der Waals surface area contributed by atoms with Crippen LogP contribution in [0.4, 0.5) is 11.4 Å². The molecule has 0 unspecified atom stereocenters. The van der Waals surface area contributed by atoms with Gasteiger partial charge in [-0.05, 0) is 50.3 Å². The summed E-state index contributed by atoms with van der Waals surface area (Å²) in [6.07, 6.45) is 2.89. The molecule has 0 atom stereocenters. The molecule has 1 aliphatic carbocycles. The fourth-order valence-corrected chi connectivity index (χ4v) is 2.45. The minimum atomic E-state index is 0.0391. The van der Waals surface area contributed by atoms with Gasteiger partial charge in [0.15, 0.2) is 0 Å². The first-order valence-corrected chi connectivity index (χ1v) is 6.86. The van der Waals surface area contributed by atoms with Gasteiger partial charge in [0.25, 0.3) is 0 Å². The summed E-state index contributed by atoms with van der Waals surface area (Å²) >= 11 is 0. The highest BCUT2D eigenvalue weighted by Gasteiger charge is 2.31. The largest absolute Gasteiger partial charge is 0.397 e. The predicted octanol–water partition coefficient (Wildman–Crippen LogP) is 2.72. The Balaban J connectivity index is 1.80. The average molecular weight is 262 g/mol. The molecule has 3 N–H and O–H groups in total. The molecule has 0 aromatic heterocycles. The summed E-state index contributed by atoms with van der Waals surface area (Å²) in [6.45, 7) is 4.73.